The molecule has 8 nitrogen and oxygen atoms in total. The predicted molar refractivity (Wildman–Crippen MR) is 114 cm³/mol. The van der Waals surface area contributed by atoms with Gasteiger partial charge in [-0.25, -0.2) is 4.98 Å². The molecule has 0 saturated carbocycles. The number of benzene rings is 1. The molecule has 4 rings (SSSR count). The van der Waals surface area contributed by atoms with E-state index < -0.39 is 18.6 Å². The number of hydrogen-bond acceptors (Lipinski definition) is 6. The number of carbonyl (C=O) groups is 1. The number of aromatic nitrogens is 4. The molecular formula is C20H19BrN6O2. The number of fused-ring (bicyclic) bond motifs is 2. The second-order valence-corrected chi connectivity index (χ2v) is 7.65. The fourth-order valence-corrected chi connectivity index (χ4v) is 3.86. The van der Waals surface area contributed by atoms with Gasteiger partial charge in [0, 0.05) is 22.7 Å². The second kappa shape index (κ2) is 7.41. The molecule has 0 spiro atoms. The van der Waals surface area contributed by atoms with Crippen LogP contribution in [0.5, 0.6) is 0 Å². The summed E-state index contributed by atoms with van der Waals surface area (Å²) in [4.78, 5) is 20.8. The topological polar surface area (TPSA) is 118 Å². The summed E-state index contributed by atoms with van der Waals surface area (Å²) in [6.45, 7) is 3.21. The van der Waals surface area contributed by atoms with E-state index in [4.69, 9.17) is 15.8 Å². The largest absolute Gasteiger partial charge is 0.387 e. The van der Waals surface area contributed by atoms with Crippen LogP contribution in [0.4, 0.5) is 5.82 Å². The molecule has 0 saturated heterocycles. The van der Waals surface area contributed by atoms with Gasteiger partial charge in [-0.2, -0.15) is 9.61 Å². The number of halogens is 1. The summed E-state index contributed by atoms with van der Waals surface area (Å²) in [5.74, 6) is -0.126. The van der Waals surface area contributed by atoms with Gasteiger partial charge in [0.05, 0.1) is 27.9 Å². The minimum atomic E-state index is -0.597. The Labute approximate surface area is 174 Å². The molecule has 0 aliphatic rings. The molecule has 3 heterocycles. The Morgan fingerprint density at radius 3 is 2.90 bits per heavy atom. The van der Waals surface area contributed by atoms with E-state index in [9.17, 15) is 4.79 Å². The summed E-state index contributed by atoms with van der Waals surface area (Å²) in [7, 11) is 0. The average Bonchev–Trinajstić information content (AvgIpc) is 3.13. The number of aliphatic hydroxyl groups is 1. The van der Waals surface area contributed by atoms with Crippen molar-refractivity contribution in [3.8, 4) is 11.1 Å². The van der Waals surface area contributed by atoms with Crippen molar-refractivity contribution < 1.29 is 9.90 Å². The van der Waals surface area contributed by atoms with E-state index in [1.165, 1.54) is 0 Å². The highest BCUT2D eigenvalue weighted by molar-refractivity contribution is 9.10. The van der Waals surface area contributed by atoms with Crippen molar-refractivity contribution in [2.75, 3.05) is 12.3 Å². The Morgan fingerprint density at radius 1 is 1.34 bits per heavy atom. The molecule has 9 heteroatoms. The van der Waals surface area contributed by atoms with Crippen LogP contribution >= 0.6 is 15.9 Å². The minimum absolute atomic E-state index is 0.367. The number of pyridine rings is 1. The van der Waals surface area contributed by atoms with Gasteiger partial charge in [0.25, 0.3) is 0 Å². The number of nitrogens with zero attached hydrogens (tertiary/aromatic N) is 4. The summed E-state index contributed by atoms with van der Waals surface area (Å²) in [6, 6.07) is 7.67. The summed E-state index contributed by atoms with van der Waals surface area (Å²) < 4.78 is 2.09. The van der Waals surface area contributed by atoms with Crippen LogP contribution < -0.4 is 11.1 Å². The number of nitrogens with two attached hydrogens (primary N) is 1. The summed E-state index contributed by atoms with van der Waals surface area (Å²) in [6.07, 6.45) is 3.48. The van der Waals surface area contributed by atoms with Gasteiger partial charge in [0.2, 0.25) is 5.91 Å². The van der Waals surface area contributed by atoms with E-state index in [1.54, 1.807) is 23.8 Å². The molecule has 29 heavy (non-hydrogen) atoms. The van der Waals surface area contributed by atoms with E-state index in [0.29, 0.717) is 21.6 Å². The van der Waals surface area contributed by atoms with Crippen LogP contribution in [0.15, 0.2) is 41.1 Å². The number of aryl methyl sites for hydroxylation is 1. The highest BCUT2D eigenvalue weighted by Crippen LogP contribution is 2.32. The monoisotopic (exact) mass is 454 g/mol. The molecule has 4 N–H and O–H groups in total. The van der Waals surface area contributed by atoms with Crippen LogP contribution in [0, 0.1) is 6.92 Å². The average molecular weight is 455 g/mol. The van der Waals surface area contributed by atoms with Gasteiger partial charge in [-0.05, 0) is 48.0 Å². The van der Waals surface area contributed by atoms with Gasteiger partial charge < -0.3 is 16.2 Å². The summed E-state index contributed by atoms with van der Waals surface area (Å²) >= 11 is 3.45. The molecule has 1 unspecified atom stereocenters. The molecule has 1 aromatic carbocycles. The van der Waals surface area contributed by atoms with Gasteiger partial charge in [-0.15, -0.1) is 0 Å². The minimum Gasteiger partial charge on any atom is -0.387 e. The summed E-state index contributed by atoms with van der Waals surface area (Å²) in [5.41, 5.74) is 11.1. The van der Waals surface area contributed by atoms with E-state index in [-0.39, 0.29) is 0 Å². The molecule has 1 atom stereocenters. The lowest BCUT2D eigenvalue weighted by molar-refractivity contribution is -0.124. The van der Waals surface area contributed by atoms with E-state index in [2.05, 4.69) is 37.4 Å². The first-order valence-electron chi connectivity index (χ1n) is 8.98. The fourth-order valence-electron chi connectivity index (χ4n) is 3.26. The Bertz CT molecular complexity index is 1250. The zero-order valence-corrected chi connectivity index (χ0v) is 17.4. The SMILES string of the molecule is Cc1ccc2ncc(-c3cnn4c(N)c(Br)c(C(C)NC(=O)CO)nc34)cc2c1. The first-order valence-corrected chi connectivity index (χ1v) is 9.78. The maximum Gasteiger partial charge on any atom is 0.246 e. The molecule has 1 amide bonds. The molecule has 4 aromatic rings. The Balaban J connectivity index is 1.87. The number of hydrogen-bond donors (Lipinski definition) is 3. The van der Waals surface area contributed by atoms with Gasteiger partial charge in [0.15, 0.2) is 5.65 Å². The number of anilines is 1. The number of nitrogen functional groups attached to an aromatic ring is 1. The third kappa shape index (κ3) is 3.43. The number of rotatable bonds is 4. The lowest BCUT2D eigenvalue weighted by Crippen LogP contribution is -2.30. The van der Waals surface area contributed by atoms with Crippen molar-refractivity contribution in [2.45, 2.75) is 19.9 Å². The number of carbonyl (C=O) groups excluding carboxylic acids is 1. The van der Waals surface area contributed by atoms with Crippen molar-refractivity contribution in [1.29, 1.82) is 0 Å². The molecule has 148 valence electrons. The maximum atomic E-state index is 11.6. The van der Waals surface area contributed by atoms with Crippen LogP contribution in [0.2, 0.25) is 0 Å². The number of aliphatic hydroxyl groups excluding tert-OH is 1. The molecule has 0 bridgehead atoms. The van der Waals surface area contributed by atoms with Gasteiger partial charge in [-0.3, -0.25) is 9.78 Å². The Kier molecular flexibility index (Phi) is 4.93. The molecule has 0 fully saturated rings. The third-order valence-electron chi connectivity index (χ3n) is 4.73. The zero-order valence-electron chi connectivity index (χ0n) is 15.8. The summed E-state index contributed by atoms with van der Waals surface area (Å²) in [5, 5.41) is 17.1. The quantitative estimate of drug-likeness (QED) is 0.436. The maximum absolute atomic E-state index is 11.6. The molecular weight excluding hydrogens is 436 g/mol. The Morgan fingerprint density at radius 2 is 2.14 bits per heavy atom. The van der Waals surface area contributed by atoms with Crippen molar-refractivity contribution in [3.05, 3.63) is 52.4 Å². The van der Waals surface area contributed by atoms with Crippen molar-refractivity contribution in [2.24, 2.45) is 0 Å². The van der Waals surface area contributed by atoms with Gasteiger partial charge in [0.1, 0.15) is 12.4 Å². The van der Waals surface area contributed by atoms with Crippen molar-refractivity contribution in [3.63, 3.8) is 0 Å². The number of nitrogens with one attached hydrogen (secondary N) is 1. The lowest BCUT2D eigenvalue weighted by Gasteiger charge is -2.16. The van der Waals surface area contributed by atoms with Crippen molar-refractivity contribution >= 4 is 44.2 Å². The first kappa shape index (κ1) is 19.3. The first-order chi connectivity index (χ1) is 13.9. The van der Waals surface area contributed by atoms with Crippen LogP contribution in [0.3, 0.4) is 0 Å². The van der Waals surface area contributed by atoms with Crippen molar-refractivity contribution in [1.82, 2.24) is 24.9 Å². The molecule has 0 aliphatic heterocycles. The lowest BCUT2D eigenvalue weighted by atomic mass is 10.1. The van der Waals surface area contributed by atoms with Crippen LogP contribution in [0.1, 0.15) is 24.2 Å². The number of amides is 1. The predicted octanol–water partition coefficient (Wildman–Crippen LogP) is 2.77. The zero-order chi connectivity index (χ0) is 20.7. The smallest absolute Gasteiger partial charge is 0.246 e. The fraction of sp³-hybridized carbons (Fsp3) is 0.200. The normalized spacial score (nSPS) is 12.4. The van der Waals surface area contributed by atoms with Crippen LogP contribution in [-0.2, 0) is 4.79 Å². The highest BCUT2D eigenvalue weighted by Gasteiger charge is 2.21. The van der Waals surface area contributed by atoms with E-state index in [0.717, 1.165) is 27.6 Å². The third-order valence-corrected chi connectivity index (χ3v) is 5.54. The van der Waals surface area contributed by atoms with Gasteiger partial charge in [-0.1, -0.05) is 11.6 Å². The van der Waals surface area contributed by atoms with Crippen LogP contribution in [-0.4, -0.2) is 37.2 Å². The van der Waals surface area contributed by atoms with Crippen LogP contribution in [0.25, 0.3) is 27.7 Å². The van der Waals surface area contributed by atoms with E-state index in [1.807, 2.05) is 25.1 Å². The standard InChI is InChI=1S/C20H19BrN6O2/c1-10-3-4-15-12(5-10)6-13(7-23-15)14-8-24-27-19(22)17(21)18(26-20(14)27)11(2)25-16(29)9-28/h3-8,11,28H,9,22H2,1-2H3,(H,25,29). The molecule has 3 aromatic heterocycles. The second-order valence-electron chi connectivity index (χ2n) is 6.86. The highest BCUT2D eigenvalue weighted by atomic mass is 79.9. The van der Waals surface area contributed by atoms with Gasteiger partial charge >= 0.3 is 0 Å². The molecule has 0 aliphatic carbocycles. The Hall–Kier alpha value is -3.04. The van der Waals surface area contributed by atoms with E-state index >= 15 is 0 Å². The molecule has 0 radical (unpaired) electrons.